The van der Waals surface area contributed by atoms with Gasteiger partial charge in [-0.25, -0.2) is 0 Å². The molecule has 1 aromatic heterocycles. The third-order valence-corrected chi connectivity index (χ3v) is 4.43. The van der Waals surface area contributed by atoms with Crippen molar-refractivity contribution in [2.75, 3.05) is 26.2 Å². The van der Waals surface area contributed by atoms with Gasteiger partial charge >= 0.3 is 0 Å². The molecule has 2 aliphatic rings. The maximum Gasteiger partial charge on any atom is 0.246 e. The van der Waals surface area contributed by atoms with E-state index in [4.69, 9.17) is 0 Å². The van der Waals surface area contributed by atoms with Crippen LogP contribution in [0.5, 0.6) is 0 Å². The number of amides is 2. The second kappa shape index (κ2) is 6.30. The molecule has 1 aromatic rings. The fourth-order valence-corrected chi connectivity index (χ4v) is 2.80. The summed E-state index contributed by atoms with van der Waals surface area (Å²) in [6.45, 7) is 4.64. The monoisotopic (exact) mass is 299 g/mol. The Bertz CT molecular complexity index is 577. The molecular weight excluding hydrogens is 278 g/mol. The molecule has 22 heavy (non-hydrogen) atoms. The van der Waals surface area contributed by atoms with Gasteiger partial charge in [0, 0.05) is 50.6 Å². The van der Waals surface area contributed by atoms with Crippen LogP contribution in [0.2, 0.25) is 0 Å². The van der Waals surface area contributed by atoms with Gasteiger partial charge in [0.15, 0.2) is 0 Å². The first-order chi connectivity index (χ1) is 10.6. The standard InChI is InChI=1S/C17H21N3O2/c1-13-11-15(13)17(22)20-9-7-19(8-10-20)16(21)5-4-14-3-2-6-18-12-14/h2-6,12-13,15H,7-11H2,1H3/b5-4-/t13-,15+/m1/s1. The smallest absolute Gasteiger partial charge is 0.246 e. The molecule has 116 valence electrons. The Morgan fingerprint density at radius 1 is 1.23 bits per heavy atom. The molecule has 0 spiro atoms. The van der Waals surface area contributed by atoms with Crippen LogP contribution in [0.1, 0.15) is 18.9 Å². The summed E-state index contributed by atoms with van der Waals surface area (Å²) in [5, 5.41) is 0. The minimum Gasteiger partial charge on any atom is -0.339 e. The van der Waals surface area contributed by atoms with E-state index in [2.05, 4.69) is 11.9 Å². The van der Waals surface area contributed by atoms with Crippen molar-refractivity contribution >= 4 is 17.9 Å². The fraction of sp³-hybridized carbons (Fsp3) is 0.471. The van der Waals surface area contributed by atoms with E-state index in [-0.39, 0.29) is 17.7 Å². The molecule has 0 unspecified atom stereocenters. The fourth-order valence-electron chi connectivity index (χ4n) is 2.80. The van der Waals surface area contributed by atoms with E-state index in [0.29, 0.717) is 32.1 Å². The zero-order valence-electron chi connectivity index (χ0n) is 12.8. The average Bonchev–Trinajstić information content (AvgIpc) is 3.30. The molecular formula is C17H21N3O2. The number of hydrogen-bond donors (Lipinski definition) is 0. The molecule has 1 saturated carbocycles. The Labute approximate surface area is 130 Å². The Hall–Kier alpha value is -2.17. The number of carbonyl (C=O) groups is 2. The Morgan fingerprint density at radius 3 is 2.50 bits per heavy atom. The van der Waals surface area contributed by atoms with Gasteiger partial charge in [-0.3, -0.25) is 14.6 Å². The lowest BCUT2D eigenvalue weighted by Gasteiger charge is -2.34. The summed E-state index contributed by atoms with van der Waals surface area (Å²) in [4.78, 5) is 32.0. The summed E-state index contributed by atoms with van der Waals surface area (Å²) >= 11 is 0. The van der Waals surface area contributed by atoms with E-state index >= 15 is 0 Å². The van der Waals surface area contributed by atoms with Crippen molar-refractivity contribution in [3.63, 3.8) is 0 Å². The summed E-state index contributed by atoms with van der Waals surface area (Å²) < 4.78 is 0. The molecule has 2 heterocycles. The summed E-state index contributed by atoms with van der Waals surface area (Å²) in [7, 11) is 0. The molecule has 1 aliphatic heterocycles. The van der Waals surface area contributed by atoms with Gasteiger partial charge in [0.25, 0.3) is 0 Å². The van der Waals surface area contributed by atoms with Crippen LogP contribution >= 0.6 is 0 Å². The van der Waals surface area contributed by atoms with Gasteiger partial charge in [0.2, 0.25) is 11.8 Å². The van der Waals surface area contributed by atoms with E-state index in [1.165, 1.54) is 0 Å². The minimum absolute atomic E-state index is 0.00394. The van der Waals surface area contributed by atoms with Crippen LogP contribution in [0.4, 0.5) is 0 Å². The van der Waals surface area contributed by atoms with Crippen molar-refractivity contribution in [2.24, 2.45) is 11.8 Å². The van der Waals surface area contributed by atoms with Crippen molar-refractivity contribution in [2.45, 2.75) is 13.3 Å². The molecule has 2 atom stereocenters. The second-order valence-electron chi connectivity index (χ2n) is 6.09. The molecule has 1 saturated heterocycles. The highest BCUT2D eigenvalue weighted by Gasteiger charge is 2.42. The third-order valence-electron chi connectivity index (χ3n) is 4.43. The molecule has 5 heteroatoms. The highest BCUT2D eigenvalue weighted by molar-refractivity contribution is 5.92. The molecule has 1 aliphatic carbocycles. The number of rotatable bonds is 3. The number of nitrogens with zero attached hydrogens (tertiary/aromatic N) is 3. The van der Waals surface area contributed by atoms with E-state index in [1.54, 1.807) is 29.4 Å². The number of carbonyl (C=O) groups excluding carboxylic acids is 2. The van der Waals surface area contributed by atoms with E-state index < -0.39 is 0 Å². The third kappa shape index (κ3) is 3.35. The molecule has 0 N–H and O–H groups in total. The van der Waals surface area contributed by atoms with Gasteiger partial charge in [-0.05, 0) is 30.0 Å². The molecule has 2 fully saturated rings. The van der Waals surface area contributed by atoms with Crippen LogP contribution < -0.4 is 0 Å². The molecule has 2 amide bonds. The van der Waals surface area contributed by atoms with Crippen LogP contribution in [0, 0.1) is 11.8 Å². The van der Waals surface area contributed by atoms with Gasteiger partial charge in [-0.1, -0.05) is 13.0 Å². The average molecular weight is 299 g/mol. The zero-order chi connectivity index (χ0) is 15.5. The number of piperazine rings is 1. The van der Waals surface area contributed by atoms with Gasteiger partial charge in [0.1, 0.15) is 0 Å². The second-order valence-corrected chi connectivity index (χ2v) is 6.09. The minimum atomic E-state index is -0.00394. The van der Waals surface area contributed by atoms with E-state index in [9.17, 15) is 9.59 Å². The molecule has 0 aromatic carbocycles. The first-order valence-electron chi connectivity index (χ1n) is 7.81. The highest BCUT2D eigenvalue weighted by atomic mass is 16.2. The Morgan fingerprint density at radius 2 is 1.91 bits per heavy atom. The number of pyridine rings is 1. The van der Waals surface area contributed by atoms with Gasteiger partial charge in [-0.2, -0.15) is 0 Å². The molecule has 0 radical (unpaired) electrons. The van der Waals surface area contributed by atoms with Crippen LogP contribution in [0.3, 0.4) is 0 Å². The molecule has 5 nitrogen and oxygen atoms in total. The molecule has 3 rings (SSSR count). The molecule has 0 bridgehead atoms. The zero-order valence-corrected chi connectivity index (χ0v) is 12.8. The van der Waals surface area contributed by atoms with Crippen molar-refractivity contribution < 1.29 is 9.59 Å². The van der Waals surface area contributed by atoms with Crippen molar-refractivity contribution in [1.82, 2.24) is 14.8 Å². The SMILES string of the molecule is C[C@@H]1C[C@@H]1C(=O)N1CCN(C(=O)/C=C\c2cccnc2)CC1. The largest absolute Gasteiger partial charge is 0.339 e. The quantitative estimate of drug-likeness (QED) is 0.793. The Kier molecular flexibility index (Phi) is 4.22. The number of aromatic nitrogens is 1. The maximum absolute atomic E-state index is 12.2. The van der Waals surface area contributed by atoms with E-state index in [1.807, 2.05) is 17.0 Å². The maximum atomic E-state index is 12.2. The summed E-state index contributed by atoms with van der Waals surface area (Å²) in [6.07, 6.45) is 7.80. The first kappa shape index (κ1) is 14.8. The van der Waals surface area contributed by atoms with Crippen LogP contribution in [-0.4, -0.2) is 52.8 Å². The predicted octanol–water partition coefficient (Wildman–Crippen LogP) is 1.42. The Balaban J connectivity index is 1.49. The predicted molar refractivity (Wildman–Crippen MR) is 83.7 cm³/mol. The van der Waals surface area contributed by atoms with Crippen LogP contribution in [-0.2, 0) is 9.59 Å². The van der Waals surface area contributed by atoms with Crippen molar-refractivity contribution in [3.05, 3.63) is 36.2 Å². The summed E-state index contributed by atoms with van der Waals surface area (Å²) in [5.74, 6) is 1.03. The van der Waals surface area contributed by atoms with Crippen LogP contribution in [0.25, 0.3) is 6.08 Å². The van der Waals surface area contributed by atoms with E-state index in [0.717, 1.165) is 12.0 Å². The first-order valence-corrected chi connectivity index (χ1v) is 7.81. The highest BCUT2D eigenvalue weighted by Crippen LogP contribution is 2.39. The summed E-state index contributed by atoms with van der Waals surface area (Å²) in [5.41, 5.74) is 0.910. The summed E-state index contributed by atoms with van der Waals surface area (Å²) in [6, 6.07) is 3.75. The normalized spacial score (nSPS) is 24.6. The lowest BCUT2D eigenvalue weighted by molar-refractivity contribution is -0.138. The van der Waals surface area contributed by atoms with Crippen molar-refractivity contribution in [3.8, 4) is 0 Å². The van der Waals surface area contributed by atoms with Gasteiger partial charge in [-0.15, -0.1) is 0 Å². The van der Waals surface area contributed by atoms with Crippen molar-refractivity contribution in [1.29, 1.82) is 0 Å². The number of hydrogen-bond acceptors (Lipinski definition) is 3. The van der Waals surface area contributed by atoms with Gasteiger partial charge in [0.05, 0.1) is 0 Å². The van der Waals surface area contributed by atoms with Crippen LogP contribution in [0.15, 0.2) is 30.6 Å². The lowest BCUT2D eigenvalue weighted by atomic mass is 10.2. The van der Waals surface area contributed by atoms with Gasteiger partial charge < -0.3 is 9.80 Å². The lowest BCUT2D eigenvalue weighted by Crippen LogP contribution is -2.50. The topological polar surface area (TPSA) is 53.5 Å².